The minimum absolute atomic E-state index is 0.00212. The van der Waals surface area contributed by atoms with Crippen LogP contribution in [0.2, 0.25) is 0 Å². The number of hydrogen-bond acceptors (Lipinski definition) is 6. The fourth-order valence-corrected chi connectivity index (χ4v) is 4.92. The molecular weight excluding hydrogens is 574 g/mol. The number of rotatable bonds is 9. The third-order valence-corrected chi connectivity index (χ3v) is 7.02. The molecule has 1 aliphatic heterocycles. The Morgan fingerprint density at radius 1 is 1.11 bits per heavy atom. The van der Waals surface area contributed by atoms with Crippen LogP contribution in [0.15, 0.2) is 79.0 Å². The molecule has 0 fully saturated rings. The molecule has 0 unspecified atom stereocenters. The maximum atomic E-state index is 15.1. The molecule has 5 rings (SSSR count). The van der Waals surface area contributed by atoms with Crippen LogP contribution < -0.4 is 20.3 Å². The van der Waals surface area contributed by atoms with Gasteiger partial charge in [0.1, 0.15) is 24.1 Å². The van der Waals surface area contributed by atoms with Gasteiger partial charge in [0.15, 0.2) is 0 Å². The Morgan fingerprint density at radius 2 is 1.82 bits per heavy atom. The summed E-state index contributed by atoms with van der Waals surface area (Å²) < 4.78 is 37.0. The minimum Gasteiger partial charge on any atom is -0.490 e. The van der Waals surface area contributed by atoms with E-state index < -0.39 is 23.8 Å². The molecule has 0 saturated carbocycles. The normalized spacial score (nSPS) is 14.4. The molecule has 1 aromatic heterocycles. The van der Waals surface area contributed by atoms with Crippen molar-refractivity contribution in [1.82, 2.24) is 15.1 Å². The van der Waals surface area contributed by atoms with Crippen molar-refractivity contribution in [3.8, 4) is 11.8 Å². The Kier molecular flexibility index (Phi) is 8.25. The number of fused-ring (bicyclic) bond motifs is 1. The predicted molar refractivity (Wildman–Crippen MR) is 155 cm³/mol. The van der Waals surface area contributed by atoms with Gasteiger partial charge in [-0.25, -0.2) is 4.79 Å². The Bertz CT molecular complexity index is 1750. The van der Waals surface area contributed by atoms with Gasteiger partial charge in [-0.2, -0.15) is 19.1 Å². The van der Waals surface area contributed by atoms with Gasteiger partial charge in [-0.1, -0.05) is 42.5 Å². The first-order valence-corrected chi connectivity index (χ1v) is 13.5. The van der Waals surface area contributed by atoms with E-state index in [4.69, 9.17) is 9.84 Å². The van der Waals surface area contributed by atoms with Gasteiger partial charge >= 0.3 is 6.09 Å². The smallest absolute Gasteiger partial charge is 0.404 e. The van der Waals surface area contributed by atoms with Crippen LogP contribution >= 0.6 is 0 Å². The highest BCUT2D eigenvalue weighted by atomic mass is 19.3. The summed E-state index contributed by atoms with van der Waals surface area (Å²) in [5.74, 6) is -4.19. The highest BCUT2D eigenvalue weighted by molar-refractivity contribution is 6.15. The van der Waals surface area contributed by atoms with Gasteiger partial charge in [0, 0.05) is 22.5 Å². The van der Waals surface area contributed by atoms with Crippen molar-refractivity contribution in [1.29, 1.82) is 5.26 Å². The van der Waals surface area contributed by atoms with E-state index in [0.717, 1.165) is 0 Å². The van der Waals surface area contributed by atoms with E-state index in [1.807, 2.05) is 6.07 Å². The van der Waals surface area contributed by atoms with Gasteiger partial charge in [-0.05, 0) is 37.3 Å². The second-order valence-electron chi connectivity index (χ2n) is 9.96. The second-order valence-corrected chi connectivity index (χ2v) is 9.96. The van der Waals surface area contributed by atoms with Crippen molar-refractivity contribution in [2.24, 2.45) is 0 Å². The zero-order valence-electron chi connectivity index (χ0n) is 23.3. The van der Waals surface area contributed by atoms with E-state index in [-0.39, 0.29) is 65.1 Å². The van der Waals surface area contributed by atoms with Crippen LogP contribution in [0.1, 0.15) is 44.5 Å². The zero-order chi connectivity index (χ0) is 31.4. The van der Waals surface area contributed by atoms with Gasteiger partial charge in [-0.15, -0.1) is 0 Å². The molecule has 3 amide bonds. The number of nitrogens with one attached hydrogen (secondary N) is 2. The van der Waals surface area contributed by atoms with Crippen molar-refractivity contribution in [2.75, 3.05) is 23.4 Å². The number of aromatic nitrogens is 2. The lowest BCUT2D eigenvalue weighted by Gasteiger charge is -2.34. The number of amides is 3. The monoisotopic (exact) mass is 600 g/mol. The van der Waals surface area contributed by atoms with Crippen LogP contribution in [0.3, 0.4) is 0 Å². The van der Waals surface area contributed by atoms with Crippen LogP contribution in [0.4, 0.5) is 25.0 Å². The molecule has 0 spiro atoms. The van der Waals surface area contributed by atoms with Crippen molar-refractivity contribution < 1.29 is 33.0 Å². The number of hydrogen-bond donors (Lipinski definition) is 3. The number of carboxylic acid groups (broad SMARTS) is 1. The molecule has 3 N–H and O–H groups in total. The molecule has 1 aliphatic rings. The van der Waals surface area contributed by atoms with Crippen molar-refractivity contribution in [3.63, 3.8) is 0 Å². The minimum atomic E-state index is -3.23. The molecule has 0 saturated heterocycles. The molecule has 1 atom stereocenters. The van der Waals surface area contributed by atoms with E-state index in [1.54, 1.807) is 25.1 Å². The van der Waals surface area contributed by atoms with E-state index in [0.29, 0.717) is 5.69 Å². The zero-order valence-corrected chi connectivity index (χ0v) is 23.3. The number of carbonyl (C=O) groups is 3. The van der Waals surface area contributed by atoms with Crippen molar-refractivity contribution >= 4 is 29.3 Å². The summed E-state index contributed by atoms with van der Waals surface area (Å²) in [7, 11) is 0. The first kappa shape index (κ1) is 29.7. The molecule has 3 aromatic carbocycles. The third-order valence-electron chi connectivity index (χ3n) is 7.02. The quantitative estimate of drug-likeness (QED) is 0.233. The Balaban J connectivity index is 1.33. The molecule has 44 heavy (non-hydrogen) atoms. The average molecular weight is 601 g/mol. The van der Waals surface area contributed by atoms with Crippen molar-refractivity contribution in [3.05, 3.63) is 107 Å². The predicted octanol–water partition coefficient (Wildman–Crippen LogP) is 4.84. The fraction of sp³-hybridized carbons (Fsp3) is 0.194. The van der Waals surface area contributed by atoms with E-state index >= 15 is 8.78 Å². The number of carbonyl (C=O) groups excluding carboxylic acids is 2. The molecule has 4 aromatic rings. The first-order valence-electron chi connectivity index (χ1n) is 13.5. The lowest BCUT2D eigenvalue weighted by atomic mass is 9.99. The van der Waals surface area contributed by atoms with Crippen LogP contribution in [0.5, 0.6) is 5.75 Å². The summed E-state index contributed by atoms with van der Waals surface area (Å²) in [5.41, 5.74) is 0.412. The Morgan fingerprint density at radius 3 is 2.50 bits per heavy atom. The summed E-state index contributed by atoms with van der Waals surface area (Å²) in [6.45, 7) is 2.06. The number of ether oxygens (including phenoxy) is 1. The van der Waals surface area contributed by atoms with Gasteiger partial charge in [0.05, 0.1) is 36.5 Å². The second kappa shape index (κ2) is 12.2. The largest absolute Gasteiger partial charge is 0.490 e. The third kappa shape index (κ3) is 5.91. The molecule has 2 heterocycles. The number of alkyl halides is 2. The maximum absolute atomic E-state index is 15.1. The lowest BCUT2D eigenvalue weighted by Crippen LogP contribution is -2.47. The fourth-order valence-electron chi connectivity index (χ4n) is 4.92. The number of benzene rings is 3. The number of nitriles is 1. The van der Waals surface area contributed by atoms with Crippen LogP contribution in [-0.4, -0.2) is 52.0 Å². The summed E-state index contributed by atoms with van der Waals surface area (Å²) in [4.78, 5) is 39.0. The van der Waals surface area contributed by atoms with Gasteiger partial charge < -0.3 is 25.4 Å². The topological polar surface area (TPSA) is 150 Å². The lowest BCUT2D eigenvalue weighted by molar-refractivity contribution is 0.0428. The van der Waals surface area contributed by atoms with Crippen molar-refractivity contribution in [2.45, 2.75) is 25.4 Å². The molecule has 11 nitrogen and oxygen atoms in total. The number of anilines is 2. The average Bonchev–Trinajstić information content (AvgIpc) is 3.44. The molecule has 224 valence electrons. The van der Waals surface area contributed by atoms with E-state index in [2.05, 4.69) is 15.7 Å². The molecule has 13 heteroatoms. The van der Waals surface area contributed by atoms with Gasteiger partial charge in [0.2, 0.25) is 0 Å². The first-order chi connectivity index (χ1) is 21.1. The molecule has 0 bridgehead atoms. The maximum Gasteiger partial charge on any atom is 0.404 e. The summed E-state index contributed by atoms with van der Waals surface area (Å²) >= 11 is 0. The van der Waals surface area contributed by atoms with Crippen LogP contribution in [0, 0.1) is 11.3 Å². The Hall–Kier alpha value is -5.77. The van der Waals surface area contributed by atoms with E-state index in [9.17, 15) is 19.6 Å². The molecular formula is C31H26F2N6O5. The molecule has 0 aliphatic carbocycles. The number of nitrogens with zero attached hydrogens (tertiary/aromatic N) is 4. The SMILES string of the molecule is C[C@H]1Cn2ncc(C(=O)Nc3ccc(OCCNC(=O)O)c(C#N)c3)c2C(=O)N1c1ccc(C(F)(F)c2ccccc2)cc1. The standard InChI is InChI=1S/C31H26F2N6O5/c1-19-18-38-27(29(41)39(19)24-10-7-22(8-11-24)31(32,33)21-5-3-2-4-6-21)25(17-36-38)28(40)37-23-9-12-26(20(15-23)16-34)44-14-13-35-30(42)43/h2-12,15,17,19,35H,13-14,18H2,1H3,(H,37,40)(H,42,43)/t19-/m0/s1. The van der Waals surface area contributed by atoms with E-state index in [1.165, 1.54) is 70.4 Å². The molecule has 0 radical (unpaired) electrons. The highest BCUT2D eigenvalue weighted by Crippen LogP contribution is 2.37. The highest BCUT2D eigenvalue weighted by Gasteiger charge is 2.37. The summed E-state index contributed by atoms with van der Waals surface area (Å²) in [6.07, 6.45) is 0.0763. The summed E-state index contributed by atoms with van der Waals surface area (Å²) in [6, 6.07) is 18.8. The Labute approximate surface area is 250 Å². The van der Waals surface area contributed by atoms with Crippen LogP contribution in [-0.2, 0) is 12.5 Å². The number of halogens is 2. The van der Waals surface area contributed by atoms with Crippen LogP contribution in [0.25, 0.3) is 0 Å². The van der Waals surface area contributed by atoms with Gasteiger partial charge in [0.25, 0.3) is 17.7 Å². The van der Waals surface area contributed by atoms with Gasteiger partial charge in [-0.3, -0.25) is 14.3 Å². The summed E-state index contributed by atoms with van der Waals surface area (Å²) in [5, 5.41) is 27.2.